The first-order chi connectivity index (χ1) is 14.4. The Morgan fingerprint density at radius 3 is 2.43 bits per heavy atom. The number of fused-ring (bicyclic) bond motifs is 1. The summed E-state index contributed by atoms with van der Waals surface area (Å²) in [5.74, 6) is -1.97. The molecule has 0 atom stereocenters. The van der Waals surface area contributed by atoms with Gasteiger partial charge in [0.1, 0.15) is 17.5 Å². The Bertz CT molecular complexity index is 1050. The molecule has 7 heteroatoms. The van der Waals surface area contributed by atoms with Gasteiger partial charge in [0.2, 0.25) is 5.91 Å². The van der Waals surface area contributed by atoms with Crippen LogP contribution in [0.5, 0.6) is 0 Å². The zero-order valence-corrected chi connectivity index (χ0v) is 16.4. The minimum Gasteiger partial charge on any atom is -0.393 e. The topological polar surface area (TPSA) is 65.1 Å². The van der Waals surface area contributed by atoms with E-state index in [0.717, 1.165) is 6.07 Å². The lowest BCUT2D eigenvalue weighted by molar-refractivity contribution is -0.126. The largest absolute Gasteiger partial charge is 0.393 e. The fraction of sp³-hybridized carbons (Fsp3) is 0.348. The molecule has 30 heavy (non-hydrogen) atoms. The third-order valence-electron chi connectivity index (χ3n) is 5.81. The molecule has 0 bridgehead atoms. The van der Waals surface area contributed by atoms with Crippen LogP contribution in [0.25, 0.3) is 22.2 Å². The molecular formula is C23H23F3N2O2. The molecule has 0 spiro atoms. The lowest BCUT2D eigenvalue weighted by Crippen LogP contribution is -2.35. The van der Waals surface area contributed by atoms with Crippen molar-refractivity contribution in [3.05, 3.63) is 59.4 Å². The molecule has 0 unspecified atom stereocenters. The van der Waals surface area contributed by atoms with Gasteiger partial charge in [0.25, 0.3) is 0 Å². The number of nitrogens with one attached hydrogen (secondary N) is 2. The van der Waals surface area contributed by atoms with Crippen molar-refractivity contribution in [2.24, 2.45) is 5.92 Å². The van der Waals surface area contributed by atoms with Crippen molar-refractivity contribution in [3.8, 4) is 11.3 Å². The highest BCUT2D eigenvalue weighted by Crippen LogP contribution is 2.33. The molecule has 158 valence electrons. The summed E-state index contributed by atoms with van der Waals surface area (Å²) in [6, 6.07) is 7.84. The average Bonchev–Trinajstić information content (AvgIpc) is 3.08. The van der Waals surface area contributed by atoms with Gasteiger partial charge in [-0.2, -0.15) is 0 Å². The van der Waals surface area contributed by atoms with Crippen LogP contribution < -0.4 is 5.32 Å². The van der Waals surface area contributed by atoms with E-state index < -0.39 is 17.5 Å². The summed E-state index contributed by atoms with van der Waals surface area (Å²) in [7, 11) is 0. The van der Waals surface area contributed by atoms with E-state index in [2.05, 4.69) is 10.3 Å². The molecule has 1 heterocycles. The van der Waals surface area contributed by atoms with Gasteiger partial charge in [-0.15, -0.1) is 0 Å². The van der Waals surface area contributed by atoms with Gasteiger partial charge in [-0.05, 0) is 73.6 Å². The monoisotopic (exact) mass is 416 g/mol. The molecule has 0 saturated heterocycles. The number of aliphatic hydroxyl groups excluding tert-OH is 1. The van der Waals surface area contributed by atoms with Crippen molar-refractivity contribution in [1.29, 1.82) is 0 Å². The first-order valence-corrected chi connectivity index (χ1v) is 10.1. The second-order valence-electron chi connectivity index (χ2n) is 7.84. The van der Waals surface area contributed by atoms with Gasteiger partial charge in [0.15, 0.2) is 0 Å². The van der Waals surface area contributed by atoms with Crippen LogP contribution in [0.1, 0.15) is 31.2 Å². The molecule has 0 aliphatic heterocycles. The van der Waals surface area contributed by atoms with Gasteiger partial charge in [0.05, 0.1) is 11.6 Å². The van der Waals surface area contributed by atoms with E-state index in [1.807, 2.05) is 0 Å². The number of aliphatic hydroxyl groups is 1. The van der Waals surface area contributed by atoms with Crippen LogP contribution in [-0.2, 0) is 11.2 Å². The fourth-order valence-corrected chi connectivity index (χ4v) is 4.19. The van der Waals surface area contributed by atoms with E-state index in [-0.39, 0.29) is 23.4 Å². The van der Waals surface area contributed by atoms with Gasteiger partial charge >= 0.3 is 0 Å². The Kier molecular flexibility index (Phi) is 5.81. The number of carbonyl (C=O) groups is 1. The summed E-state index contributed by atoms with van der Waals surface area (Å²) < 4.78 is 41.5. The molecule has 1 aliphatic carbocycles. The highest BCUT2D eigenvalue weighted by Gasteiger charge is 2.25. The maximum Gasteiger partial charge on any atom is 0.223 e. The minimum atomic E-state index is -0.704. The van der Waals surface area contributed by atoms with Crippen molar-refractivity contribution >= 4 is 16.8 Å². The van der Waals surface area contributed by atoms with E-state index in [0.29, 0.717) is 60.9 Å². The zero-order chi connectivity index (χ0) is 21.3. The Morgan fingerprint density at radius 1 is 1.03 bits per heavy atom. The van der Waals surface area contributed by atoms with Gasteiger partial charge < -0.3 is 15.4 Å². The molecule has 0 radical (unpaired) electrons. The summed E-state index contributed by atoms with van der Waals surface area (Å²) in [5.41, 5.74) is 2.06. The quantitative estimate of drug-likeness (QED) is 0.575. The maximum atomic E-state index is 14.3. The molecule has 2 aromatic carbocycles. The molecule has 1 aromatic heterocycles. The first-order valence-electron chi connectivity index (χ1n) is 10.1. The standard InChI is InChI=1S/C23H23F3N2O2/c24-15-5-1-13(2-6-15)21-18(19-11-16(25)12-20(26)22(19)28-21)9-10-27-23(30)14-3-7-17(29)8-4-14/h1-2,5-6,11-12,14,17,28-29H,3-4,7-10H2,(H,27,30). The zero-order valence-electron chi connectivity index (χ0n) is 16.4. The van der Waals surface area contributed by atoms with E-state index in [4.69, 9.17) is 0 Å². The van der Waals surface area contributed by atoms with Crippen molar-refractivity contribution in [2.75, 3.05) is 6.54 Å². The predicted octanol–water partition coefficient (Wildman–Crippen LogP) is 4.46. The molecule has 1 aliphatic rings. The number of amides is 1. The molecule has 3 aromatic rings. The number of hydrogen-bond acceptors (Lipinski definition) is 2. The fourth-order valence-electron chi connectivity index (χ4n) is 4.19. The smallest absolute Gasteiger partial charge is 0.223 e. The van der Waals surface area contributed by atoms with Gasteiger partial charge in [-0.25, -0.2) is 13.2 Å². The number of H-pyrrole nitrogens is 1. The number of rotatable bonds is 5. The number of aromatic nitrogens is 1. The molecular weight excluding hydrogens is 393 g/mol. The molecule has 1 saturated carbocycles. The third-order valence-corrected chi connectivity index (χ3v) is 5.81. The molecule has 1 amide bonds. The third kappa shape index (κ3) is 4.21. The van der Waals surface area contributed by atoms with Crippen molar-refractivity contribution in [1.82, 2.24) is 10.3 Å². The number of benzene rings is 2. The van der Waals surface area contributed by atoms with Crippen LogP contribution in [0.2, 0.25) is 0 Å². The highest BCUT2D eigenvalue weighted by molar-refractivity contribution is 5.91. The summed E-state index contributed by atoms with van der Waals surface area (Å²) in [4.78, 5) is 15.4. The average molecular weight is 416 g/mol. The van der Waals surface area contributed by atoms with E-state index in [9.17, 15) is 23.1 Å². The first kappa shape index (κ1) is 20.5. The van der Waals surface area contributed by atoms with Crippen LogP contribution in [0.3, 0.4) is 0 Å². The Morgan fingerprint density at radius 2 is 1.73 bits per heavy atom. The number of halogens is 3. The second-order valence-corrected chi connectivity index (χ2v) is 7.84. The molecule has 4 rings (SSSR count). The molecule has 3 N–H and O–H groups in total. The van der Waals surface area contributed by atoms with Gasteiger partial charge in [-0.1, -0.05) is 0 Å². The normalized spacial score (nSPS) is 19.2. The lowest BCUT2D eigenvalue weighted by Gasteiger charge is -2.24. The van der Waals surface area contributed by atoms with Crippen LogP contribution in [0.15, 0.2) is 36.4 Å². The summed E-state index contributed by atoms with van der Waals surface area (Å²) >= 11 is 0. The van der Waals surface area contributed by atoms with E-state index in [1.165, 1.54) is 18.2 Å². The van der Waals surface area contributed by atoms with E-state index >= 15 is 0 Å². The maximum absolute atomic E-state index is 14.3. The van der Waals surface area contributed by atoms with E-state index in [1.54, 1.807) is 12.1 Å². The Labute approximate surface area is 172 Å². The van der Waals surface area contributed by atoms with Crippen molar-refractivity contribution in [2.45, 2.75) is 38.2 Å². The Hall–Kier alpha value is -2.80. The predicted molar refractivity (Wildman–Crippen MR) is 108 cm³/mol. The summed E-state index contributed by atoms with van der Waals surface area (Å²) in [6.07, 6.45) is 2.57. The second kappa shape index (κ2) is 8.52. The van der Waals surface area contributed by atoms with Crippen LogP contribution >= 0.6 is 0 Å². The minimum absolute atomic E-state index is 0.0672. The Balaban J connectivity index is 1.58. The van der Waals surface area contributed by atoms with Gasteiger partial charge in [0, 0.05) is 29.6 Å². The number of carbonyl (C=O) groups excluding carboxylic acids is 1. The van der Waals surface area contributed by atoms with Gasteiger partial charge in [-0.3, -0.25) is 4.79 Å². The number of aromatic amines is 1. The van der Waals surface area contributed by atoms with Crippen molar-refractivity contribution < 1.29 is 23.1 Å². The van der Waals surface area contributed by atoms with Crippen LogP contribution in [-0.4, -0.2) is 28.6 Å². The molecule has 1 fully saturated rings. The number of hydrogen-bond donors (Lipinski definition) is 3. The summed E-state index contributed by atoms with van der Waals surface area (Å²) in [6.45, 7) is 0.303. The SMILES string of the molecule is O=C(NCCc1c(-c2ccc(F)cc2)[nH]c2c(F)cc(F)cc12)C1CCC(O)CC1. The van der Waals surface area contributed by atoms with Crippen molar-refractivity contribution in [3.63, 3.8) is 0 Å². The lowest BCUT2D eigenvalue weighted by atomic mass is 9.87. The summed E-state index contributed by atoms with van der Waals surface area (Å²) in [5, 5.41) is 12.9. The molecule has 4 nitrogen and oxygen atoms in total. The van der Waals surface area contributed by atoms with Crippen LogP contribution in [0.4, 0.5) is 13.2 Å². The highest BCUT2D eigenvalue weighted by atomic mass is 19.1. The van der Waals surface area contributed by atoms with Crippen LogP contribution in [0, 0.1) is 23.4 Å².